The summed E-state index contributed by atoms with van der Waals surface area (Å²) in [6.07, 6.45) is 8.15. The van der Waals surface area contributed by atoms with Crippen LogP contribution in [0.25, 0.3) is 67.9 Å². The monoisotopic (exact) mass is 470 g/mol. The van der Waals surface area contributed by atoms with Gasteiger partial charge in [-0.25, -0.2) is 9.97 Å². The quantitative estimate of drug-likeness (QED) is 0.286. The second-order valence-electron chi connectivity index (χ2n) is 8.80. The molecule has 0 fully saturated rings. The number of nitrogens with one attached hydrogen (secondary N) is 2. The highest BCUT2D eigenvalue weighted by Gasteiger charge is 2.14. The van der Waals surface area contributed by atoms with Crippen molar-refractivity contribution in [3.63, 3.8) is 0 Å². The first-order chi connectivity index (χ1) is 17.7. The van der Waals surface area contributed by atoms with E-state index in [4.69, 9.17) is 19.4 Å². The van der Waals surface area contributed by atoms with Crippen LogP contribution in [0.2, 0.25) is 0 Å². The summed E-state index contributed by atoms with van der Waals surface area (Å²) >= 11 is 0. The van der Waals surface area contributed by atoms with Crippen molar-refractivity contribution in [2.75, 3.05) is 14.2 Å². The van der Waals surface area contributed by atoms with Crippen LogP contribution < -0.4 is 9.47 Å². The predicted octanol–water partition coefficient (Wildman–Crippen LogP) is 6.98. The molecule has 0 amide bonds. The lowest BCUT2D eigenvalue weighted by molar-refractivity contribution is 0.356. The SMILES string of the molecule is COc1cc2c3nc(c4ccc([nH]4)c4ccccc4c4ccc([nH]4)c4nc(c2cc1OC)C=C4)C=C3. The molecule has 5 heterocycles. The summed E-state index contributed by atoms with van der Waals surface area (Å²) in [4.78, 5) is 17.1. The number of H-pyrrole nitrogens is 2. The van der Waals surface area contributed by atoms with Gasteiger partial charge in [0.1, 0.15) is 0 Å². The van der Waals surface area contributed by atoms with Gasteiger partial charge in [0, 0.05) is 32.6 Å². The zero-order valence-electron chi connectivity index (χ0n) is 19.8. The zero-order chi connectivity index (χ0) is 24.2. The fraction of sp³-hybridized carbons (Fsp3) is 0.0667. The Kier molecular flexibility index (Phi) is 4.48. The van der Waals surface area contributed by atoms with E-state index in [-0.39, 0.29) is 0 Å². The summed E-state index contributed by atoms with van der Waals surface area (Å²) in [7, 11) is 3.28. The normalized spacial score (nSPS) is 12.5. The molecule has 7 rings (SSSR count). The Balaban J connectivity index is 1.70. The van der Waals surface area contributed by atoms with Gasteiger partial charge in [-0.05, 0) is 60.7 Å². The smallest absolute Gasteiger partial charge is 0.161 e. The molecule has 0 spiro atoms. The van der Waals surface area contributed by atoms with Crippen LogP contribution in [0.3, 0.4) is 0 Å². The number of nitrogens with zero attached hydrogens (tertiary/aromatic N) is 2. The molecular weight excluding hydrogens is 448 g/mol. The van der Waals surface area contributed by atoms with Gasteiger partial charge >= 0.3 is 0 Å². The second kappa shape index (κ2) is 7.85. The number of aromatic nitrogens is 4. The number of fused-ring (bicyclic) bond motifs is 16. The first kappa shape index (κ1) is 20.5. The van der Waals surface area contributed by atoms with E-state index in [1.54, 1.807) is 14.2 Å². The molecule has 6 heteroatoms. The first-order valence-corrected chi connectivity index (χ1v) is 11.7. The van der Waals surface area contributed by atoms with Crippen LogP contribution in [0.15, 0.2) is 60.7 Å². The Morgan fingerprint density at radius 2 is 0.917 bits per heavy atom. The molecule has 0 radical (unpaired) electrons. The molecule has 174 valence electrons. The standard InChI is InChI=1S/C30H22N4O2/c1-35-29-15-19-20(16-30(29)36-2)24-10-14-28(34-24)26-12-8-22(32-26)18-6-4-3-5-17(18)21-7-11-25(31-21)27-13-9-23(19)33-27/h3-16,31-32H,1-2H3. The number of ether oxygens (including phenoxy) is 2. The van der Waals surface area contributed by atoms with E-state index < -0.39 is 0 Å². The highest BCUT2D eigenvalue weighted by molar-refractivity contribution is 6.05. The predicted molar refractivity (Wildman–Crippen MR) is 147 cm³/mol. The fourth-order valence-corrected chi connectivity index (χ4v) is 4.98. The van der Waals surface area contributed by atoms with E-state index in [9.17, 15) is 0 Å². The number of hydrogen-bond acceptors (Lipinski definition) is 4. The molecule has 0 atom stereocenters. The molecule has 36 heavy (non-hydrogen) atoms. The van der Waals surface area contributed by atoms with Gasteiger partial charge in [-0.15, -0.1) is 0 Å². The fourth-order valence-electron chi connectivity index (χ4n) is 4.98. The van der Waals surface area contributed by atoms with E-state index in [0.717, 1.165) is 66.4 Å². The summed E-state index contributed by atoms with van der Waals surface area (Å²) in [5, 5.41) is 4.10. The molecule has 0 saturated heterocycles. The highest BCUT2D eigenvalue weighted by atomic mass is 16.5. The van der Waals surface area contributed by atoms with Crippen molar-refractivity contribution in [3.05, 3.63) is 83.4 Å². The topological polar surface area (TPSA) is 75.8 Å². The largest absolute Gasteiger partial charge is 0.493 e. The average molecular weight is 471 g/mol. The third-order valence-corrected chi connectivity index (χ3v) is 6.79. The Morgan fingerprint density at radius 1 is 0.500 bits per heavy atom. The van der Waals surface area contributed by atoms with Crippen molar-refractivity contribution < 1.29 is 9.47 Å². The van der Waals surface area contributed by atoms with Crippen molar-refractivity contribution >= 4 is 67.9 Å². The minimum absolute atomic E-state index is 0.648. The second-order valence-corrected chi connectivity index (χ2v) is 8.80. The molecule has 8 bridgehead atoms. The van der Waals surface area contributed by atoms with Crippen LogP contribution in [-0.4, -0.2) is 34.2 Å². The van der Waals surface area contributed by atoms with Gasteiger partial charge in [0.25, 0.3) is 0 Å². The van der Waals surface area contributed by atoms with Gasteiger partial charge in [0.05, 0.1) is 48.0 Å². The lowest BCUT2D eigenvalue weighted by Crippen LogP contribution is -1.92. The average Bonchev–Trinajstić information content (AvgIpc) is 3.73. The number of rotatable bonds is 2. The van der Waals surface area contributed by atoms with Gasteiger partial charge < -0.3 is 19.4 Å². The Morgan fingerprint density at radius 3 is 1.36 bits per heavy atom. The van der Waals surface area contributed by atoms with Gasteiger partial charge in [0.15, 0.2) is 11.5 Å². The summed E-state index contributed by atoms with van der Waals surface area (Å²) in [6.45, 7) is 0. The summed E-state index contributed by atoms with van der Waals surface area (Å²) in [6, 6.07) is 20.7. The minimum atomic E-state index is 0.648. The zero-order valence-corrected chi connectivity index (χ0v) is 19.8. The third kappa shape index (κ3) is 3.11. The van der Waals surface area contributed by atoms with Gasteiger partial charge in [-0.1, -0.05) is 24.3 Å². The molecule has 2 aromatic carbocycles. The lowest BCUT2D eigenvalue weighted by Gasteiger charge is -2.09. The Labute approximate surface area is 206 Å². The first-order valence-electron chi connectivity index (χ1n) is 11.7. The van der Waals surface area contributed by atoms with Crippen LogP contribution in [-0.2, 0) is 0 Å². The van der Waals surface area contributed by atoms with E-state index in [1.807, 2.05) is 36.4 Å². The van der Waals surface area contributed by atoms with E-state index in [1.165, 1.54) is 0 Å². The molecule has 0 saturated carbocycles. The molecule has 6 nitrogen and oxygen atoms in total. The molecule has 2 aliphatic heterocycles. The van der Waals surface area contributed by atoms with Crippen molar-refractivity contribution in [1.82, 2.24) is 19.9 Å². The van der Waals surface area contributed by atoms with Crippen molar-refractivity contribution in [2.45, 2.75) is 0 Å². The van der Waals surface area contributed by atoms with Gasteiger partial charge in [0.2, 0.25) is 0 Å². The maximum Gasteiger partial charge on any atom is 0.161 e. The molecule has 3 aromatic heterocycles. The van der Waals surface area contributed by atoms with Gasteiger partial charge in [-0.2, -0.15) is 0 Å². The van der Waals surface area contributed by atoms with Crippen LogP contribution in [0.1, 0.15) is 22.8 Å². The molecule has 2 N–H and O–H groups in total. The minimum Gasteiger partial charge on any atom is -0.493 e. The van der Waals surface area contributed by atoms with Gasteiger partial charge in [-0.3, -0.25) is 0 Å². The summed E-state index contributed by atoms with van der Waals surface area (Å²) < 4.78 is 11.2. The van der Waals surface area contributed by atoms with Crippen LogP contribution in [0.5, 0.6) is 11.5 Å². The van der Waals surface area contributed by atoms with E-state index in [2.05, 4.69) is 58.5 Å². The molecule has 5 aromatic rings. The van der Waals surface area contributed by atoms with Crippen molar-refractivity contribution in [1.29, 1.82) is 0 Å². The van der Waals surface area contributed by atoms with Crippen LogP contribution in [0, 0.1) is 0 Å². The Hall–Kier alpha value is -4.84. The summed E-state index contributed by atoms with van der Waals surface area (Å²) in [5.74, 6) is 1.30. The number of hydrogen-bond donors (Lipinski definition) is 2. The van der Waals surface area contributed by atoms with E-state index in [0.29, 0.717) is 11.5 Å². The lowest BCUT2D eigenvalue weighted by atomic mass is 10.1. The third-order valence-electron chi connectivity index (χ3n) is 6.79. The Bertz CT molecular complexity index is 1790. The number of aromatic amines is 2. The molecule has 0 aliphatic carbocycles. The number of methoxy groups -OCH3 is 2. The van der Waals surface area contributed by atoms with Crippen LogP contribution >= 0.6 is 0 Å². The number of benzene rings is 2. The molecule has 2 aliphatic rings. The van der Waals surface area contributed by atoms with Crippen molar-refractivity contribution in [3.8, 4) is 11.5 Å². The van der Waals surface area contributed by atoms with Crippen molar-refractivity contribution in [2.24, 2.45) is 0 Å². The highest BCUT2D eigenvalue weighted by Crippen LogP contribution is 2.36. The summed E-state index contributed by atoms with van der Waals surface area (Å²) in [5.41, 5.74) is 7.43. The molecule has 0 unspecified atom stereocenters. The maximum atomic E-state index is 5.62. The maximum absolute atomic E-state index is 5.62. The molecular formula is C30H22N4O2. The van der Waals surface area contributed by atoms with Crippen LogP contribution in [0.4, 0.5) is 0 Å². The van der Waals surface area contributed by atoms with E-state index >= 15 is 0 Å².